The molecule has 0 bridgehead atoms. The number of carbonyl (C=O) groups excluding carboxylic acids is 1. The van der Waals surface area contributed by atoms with Crippen molar-refractivity contribution in [2.24, 2.45) is 0 Å². The zero-order valence-electron chi connectivity index (χ0n) is 10.2. The van der Waals surface area contributed by atoms with E-state index in [9.17, 15) is 4.79 Å². The Morgan fingerprint density at radius 2 is 1.89 bits per heavy atom. The van der Waals surface area contributed by atoms with Gasteiger partial charge in [-0.3, -0.25) is 10.1 Å². The molecule has 5 nitrogen and oxygen atoms in total. The number of hydrogen-bond donors (Lipinski definition) is 1. The Hall–Kier alpha value is -1.53. The fourth-order valence-electron chi connectivity index (χ4n) is 1.53. The van der Waals surface area contributed by atoms with Gasteiger partial charge in [-0.25, -0.2) is 15.0 Å². The second kappa shape index (κ2) is 5.63. The molecule has 2 rings (SSSR count). The third kappa shape index (κ3) is 3.48. The predicted molar refractivity (Wildman–Crippen MR) is 76.4 cm³/mol. The molecule has 0 aromatic carbocycles. The molecule has 2 aromatic rings. The van der Waals surface area contributed by atoms with Gasteiger partial charge in [-0.2, -0.15) is 0 Å². The van der Waals surface area contributed by atoms with Gasteiger partial charge < -0.3 is 0 Å². The van der Waals surface area contributed by atoms with Gasteiger partial charge in [0, 0.05) is 22.1 Å². The molecule has 98 valence electrons. The molecule has 1 amide bonds. The second-order valence-electron chi connectivity index (χ2n) is 3.92. The molecule has 1 N–H and O–H groups in total. The van der Waals surface area contributed by atoms with E-state index in [-0.39, 0.29) is 16.7 Å². The van der Waals surface area contributed by atoms with Crippen molar-refractivity contribution in [3.63, 3.8) is 0 Å². The van der Waals surface area contributed by atoms with E-state index in [0.29, 0.717) is 4.47 Å². The number of anilines is 1. The van der Waals surface area contributed by atoms with Crippen LogP contribution in [0.5, 0.6) is 0 Å². The zero-order chi connectivity index (χ0) is 14.0. The van der Waals surface area contributed by atoms with E-state index in [1.165, 1.54) is 6.20 Å². The van der Waals surface area contributed by atoms with Crippen molar-refractivity contribution in [1.82, 2.24) is 15.0 Å². The fourth-order valence-corrected chi connectivity index (χ4v) is 2.05. The zero-order valence-corrected chi connectivity index (χ0v) is 12.6. The molecule has 0 atom stereocenters. The van der Waals surface area contributed by atoms with Crippen LogP contribution >= 0.6 is 27.5 Å². The molecule has 0 radical (unpaired) electrons. The van der Waals surface area contributed by atoms with Crippen molar-refractivity contribution in [2.45, 2.75) is 13.8 Å². The fraction of sp³-hybridized carbons (Fsp3) is 0.167. The molecule has 0 saturated carbocycles. The van der Waals surface area contributed by atoms with E-state index in [1.807, 2.05) is 19.9 Å². The molecule has 0 fully saturated rings. The number of aryl methyl sites for hydroxylation is 2. The lowest BCUT2D eigenvalue weighted by molar-refractivity contribution is 0.102. The lowest BCUT2D eigenvalue weighted by atomic mass is 10.3. The Labute approximate surface area is 123 Å². The summed E-state index contributed by atoms with van der Waals surface area (Å²) in [7, 11) is 0. The van der Waals surface area contributed by atoms with Gasteiger partial charge in [-0.15, -0.1) is 0 Å². The number of nitrogens with zero attached hydrogens (tertiary/aromatic N) is 3. The van der Waals surface area contributed by atoms with Crippen LogP contribution < -0.4 is 5.32 Å². The van der Waals surface area contributed by atoms with Crippen molar-refractivity contribution in [1.29, 1.82) is 0 Å². The first kappa shape index (κ1) is 13.9. The van der Waals surface area contributed by atoms with E-state index in [4.69, 9.17) is 11.6 Å². The summed E-state index contributed by atoms with van der Waals surface area (Å²) >= 11 is 9.13. The normalized spacial score (nSPS) is 10.3. The molecule has 0 aliphatic carbocycles. The van der Waals surface area contributed by atoms with Crippen molar-refractivity contribution in [3.8, 4) is 0 Å². The van der Waals surface area contributed by atoms with Crippen LogP contribution in [0.4, 0.5) is 5.95 Å². The number of halogens is 2. The number of aromatic nitrogens is 3. The summed E-state index contributed by atoms with van der Waals surface area (Å²) in [4.78, 5) is 24.2. The van der Waals surface area contributed by atoms with Gasteiger partial charge in [0.1, 0.15) is 5.15 Å². The maximum absolute atomic E-state index is 12.1. The van der Waals surface area contributed by atoms with Crippen molar-refractivity contribution in [2.75, 3.05) is 5.32 Å². The van der Waals surface area contributed by atoms with Gasteiger partial charge in [-0.05, 0) is 41.9 Å². The molecule has 0 spiro atoms. The highest BCUT2D eigenvalue weighted by molar-refractivity contribution is 9.10. The first-order valence-electron chi connectivity index (χ1n) is 5.40. The smallest absolute Gasteiger partial charge is 0.261 e. The predicted octanol–water partition coefficient (Wildman–Crippen LogP) is 3.16. The van der Waals surface area contributed by atoms with Gasteiger partial charge in [0.25, 0.3) is 5.91 Å². The molecule has 0 saturated heterocycles. The van der Waals surface area contributed by atoms with Crippen molar-refractivity contribution in [3.05, 3.63) is 44.9 Å². The Morgan fingerprint density at radius 3 is 2.53 bits per heavy atom. The number of nitrogens with one attached hydrogen (secondary N) is 1. The lowest BCUT2D eigenvalue weighted by Crippen LogP contribution is -2.15. The van der Waals surface area contributed by atoms with Gasteiger partial charge in [0.2, 0.25) is 5.95 Å². The van der Waals surface area contributed by atoms with E-state index in [1.54, 1.807) is 6.07 Å². The summed E-state index contributed by atoms with van der Waals surface area (Å²) < 4.78 is 0.670. The minimum atomic E-state index is -0.399. The molecule has 19 heavy (non-hydrogen) atoms. The second-order valence-corrected chi connectivity index (χ2v) is 5.19. The highest BCUT2D eigenvalue weighted by Crippen LogP contribution is 2.19. The molecule has 2 aromatic heterocycles. The molecule has 0 aliphatic heterocycles. The van der Waals surface area contributed by atoms with E-state index in [0.717, 1.165) is 11.4 Å². The van der Waals surface area contributed by atoms with Crippen LogP contribution in [0, 0.1) is 13.8 Å². The van der Waals surface area contributed by atoms with Crippen LogP contribution in [0.3, 0.4) is 0 Å². The topological polar surface area (TPSA) is 67.8 Å². The minimum absolute atomic E-state index is 0.130. The first-order chi connectivity index (χ1) is 8.95. The third-order valence-electron chi connectivity index (χ3n) is 2.26. The number of pyridine rings is 1. The summed E-state index contributed by atoms with van der Waals surface area (Å²) in [5.74, 6) is -0.151. The Balaban J connectivity index is 2.28. The molecule has 0 unspecified atom stereocenters. The molecule has 7 heteroatoms. The first-order valence-corrected chi connectivity index (χ1v) is 6.57. The van der Waals surface area contributed by atoms with Crippen LogP contribution in [0.1, 0.15) is 21.7 Å². The summed E-state index contributed by atoms with van der Waals surface area (Å²) in [6.45, 7) is 3.66. The van der Waals surface area contributed by atoms with Crippen LogP contribution in [-0.4, -0.2) is 20.9 Å². The quantitative estimate of drug-likeness (QED) is 0.852. The Kier molecular flexibility index (Phi) is 4.11. The summed E-state index contributed by atoms with van der Waals surface area (Å²) in [6, 6.07) is 3.41. The highest BCUT2D eigenvalue weighted by atomic mass is 79.9. The minimum Gasteiger partial charge on any atom is -0.290 e. The van der Waals surface area contributed by atoms with Gasteiger partial charge in [0.05, 0.1) is 5.56 Å². The number of carbonyl (C=O) groups is 1. The summed E-state index contributed by atoms with van der Waals surface area (Å²) in [6.07, 6.45) is 1.52. The van der Waals surface area contributed by atoms with E-state index < -0.39 is 5.91 Å². The van der Waals surface area contributed by atoms with Crippen molar-refractivity contribution >= 4 is 39.4 Å². The standard InChI is InChI=1S/C12H10BrClN4O/c1-6-3-7(2)17-12(16-6)18-11(19)9-4-8(13)5-15-10(9)14/h3-5H,1-2H3,(H,16,17,18,19). The third-order valence-corrected chi connectivity index (χ3v) is 2.99. The van der Waals surface area contributed by atoms with E-state index >= 15 is 0 Å². The highest BCUT2D eigenvalue weighted by Gasteiger charge is 2.13. The number of amides is 1. The molecular formula is C12H10BrClN4O. The van der Waals surface area contributed by atoms with Crippen molar-refractivity contribution < 1.29 is 4.79 Å². The molecule has 2 heterocycles. The SMILES string of the molecule is Cc1cc(C)nc(NC(=O)c2cc(Br)cnc2Cl)n1. The van der Waals surface area contributed by atoms with Crippen LogP contribution in [-0.2, 0) is 0 Å². The summed E-state index contributed by atoms with van der Waals surface area (Å²) in [5.41, 5.74) is 1.82. The average molecular weight is 342 g/mol. The number of rotatable bonds is 2. The largest absolute Gasteiger partial charge is 0.290 e. The molecular weight excluding hydrogens is 332 g/mol. The maximum Gasteiger partial charge on any atom is 0.261 e. The summed E-state index contributed by atoms with van der Waals surface area (Å²) in [5, 5.41) is 2.73. The number of hydrogen-bond acceptors (Lipinski definition) is 4. The van der Waals surface area contributed by atoms with Crippen LogP contribution in [0.15, 0.2) is 22.8 Å². The Morgan fingerprint density at radius 1 is 1.26 bits per heavy atom. The van der Waals surface area contributed by atoms with Gasteiger partial charge >= 0.3 is 0 Å². The average Bonchev–Trinajstić information content (AvgIpc) is 2.30. The van der Waals surface area contributed by atoms with Crippen LogP contribution in [0.25, 0.3) is 0 Å². The molecule has 0 aliphatic rings. The van der Waals surface area contributed by atoms with Crippen LogP contribution in [0.2, 0.25) is 5.15 Å². The maximum atomic E-state index is 12.1. The van der Waals surface area contributed by atoms with E-state index in [2.05, 4.69) is 36.2 Å². The Bertz CT molecular complexity index is 627. The lowest BCUT2D eigenvalue weighted by Gasteiger charge is -2.06. The van der Waals surface area contributed by atoms with Gasteiger partial charge in [0.15, 0.2) is 0 Å². The van der Waals surface area contributed by atoms with Gasteiger partial charge in [-0.1, -0.05) is 11.6 Å². The monoisotopic (exact) mass is 340 g/mol.